The molecule has 0 saturated heterocycles. The number of aliphatic hydroxyl groups is 2. The quantitative estimate of drug-likeness (QED) is 0.657. The van der Waals surface area contributed by atoms with Gasteiger partial charge in [-0.15, -0.1) is 0 Å². The van der Waals surface area contributed by atoms with Gasteiger partial charge in [-0.2, -0.15) is 0 Å². The van der Waals surface area contributed by atoms with Gasteiger partial charge < -0.3 is 20.1 Å². The Labute approximate surface area is 110 Å². The van der Waals surface area contributed by atoms with Crippen LogP contribution < -0.4 is 0 Å². The molecule has 0 amide bonds. The van der Waals surface area contributed by atoms with Gasteiger partial charge in [0, 0.05) is 0 Å². The molecule has 6 nitrogen and oxygen atoms in total. The van der Waals surface area contributed by atoms with Gasteiger partial charge in [0.25, 0.3) is 0 Å². The Morgan fingerprint density at radius 1 is 1.21 bits per heavy atom. The van der Waals surface area contributed by atoms with E-state index in [1.807, 2.05) is 0 Å². The van der Waals surface area contributed by atoms with Gasteiger partial charge in [0.05, 0.1) is 24.7 Å². The fourth-order valence-electron chi connectivity index (χ4n) is 1.55. The number of ether oxygens (including phenoxy) is 1. The summed E-state index contributed by atoms with van der Waals surface area (Å²) in [4.78, 5) is 21.8. The first-order valence-electron chi connectivity index (χ1n) is 5.80. The topological polar surface area (TPSA) is 104 Å². The van der Waals surface area contributed by atoms with E-state index in [9.17, 15) is 19.8 Å². The lowest BCUT2D eigenvalue weighted by Gasteiger charge is -2.17. The second-order valence-corrected chi connectivity index (χ2v) is 3.95. The maximum Gasteiger partial charge on any atom is 0.335 e. The number of carbonyl (C=O) groups is 2. The zero-order chi connectivity index (χ0) is 14.4. The number of benzene rings is 1. The molecule has 0 aromatic heterocycles. The fraction of sp³-hybridized carbons (Fsp3) is 0.385. The second-order valence-electron chi connectivity index (χ2n) is 3.95. The zero-order valence-electron chi connectivity index (χ0n) is 10.4. The summed E-state index contributed by atoms with van der Waals surface area (Å²) in [6.45, 7) is 1.85. The van der Waals surface area contributed by atoms with Gasteiger partial charge in [0.1, 0.15) is 6.10 Å². The average Bonchev–Trinajstić information content (AvgIpc) is 2.38. The molecular formula is C13H16O6. The minimum Gasteiger partial charge on any atom is -0.478 e. The molecule has 3 N–H and O–H groups in total. The SMILES string of the molecule is CCOC(=O)CC(O)C(O)c1ccc(C(=O)O)cc1. The third kappa shape index (κ3) is 4.35. The van der Waals surface area contributed by atoms with Gasteiger partial charge in [0.15, 0.2) is 0 Å². The van der Waals surface area contributed by atoms with Crippen LogP contribution >= 0.6 is 0 Å². The second kappa shape index (κ2) is 6.86. The Balaban J connectivity index is 2.68. The summed E-state index contributed by atoms with van der Waals surface area (Å²) >= 11 is 0. The van der Waals surface area contributed by atoms with Gasteiger partial charge in [0.2, 0.25) is 0 Å². The van der Waals surface area contributed by atoms with E-state index in [1.165, 1.54) is 24.3 Å². The third-order valence-electron chi connectivity index (χ3n) is 2.54. The highest BCUT2D eigenvalue weighted by atomic mass is 16.5. The van der Waals surface area contributed by atoms with Crippen LogP contribution in [0.2, 0.25) is 0 Å². The highest BCUT2D eigenvalue weighted by molar-refractivity contribution is 5.87. The minimum absolute atomic E-state index is 0.0795. The van der Waals surface area contributed by atoms with Crippen LogP contribution in [0.1, 0.15) is 35.4 Å². The van der Waals surface area contributed by atoms with Crippen molar-refractivity contribution >= 4 is 11.9 Å². The fourth-order valence-corrected chi connectivity index (χ4v) is 1.55. The summed E-state index contributed by atoms with van der Waals surface area (Å²) < 4.78 is 4.66. The first kappa shape index (κ1) is 15.1. The maximum absolute atomic E-state index is 11.2. The van der Waals surface area contributed by atoms with Crippen molar-refractivity contribution in [3.05, 3.63) is 35.4 Å². The van der Waals surface area contributed by atoms with E-state index in [0.717, 1.165) is 0 Å². The number of esters is 1. The molecule has 2 atom stereocenters. The molecule has 0 aliphatic heterocycles. The van der Waals surface area contributed by atoms with Crippen molar-refractivity contribution in [1.29, 1.82) is 0 Å². The highest BCUT2D eigenvalue weighted by Crippen LogP contribution is 2.19. The van der Waals surface area contributed by atoms with E-state index < -0.39 is 24.1 Å². The van der Waals surface area contributed by atoms with Crippen molar-refractivity contribution in [2.24, 2.45) is 0 Å². The summed E-state index contributed by atoms with van der Waals surface area (Å²) in [7, 11) is 0. The van der Waals surface area contributed by atoms with Crippen molar-refractivity contribution < 1.29 is 29.6 Å². The van der Waals surface area contributed by atoms with Crippen molar-refractivity contribution in [2.45, 2.75) is 25.6 Å². The summed E-state index contributed by atoms with van der Waals surface area (Å²) in [5.74, 6) is -1.68. The Morgan fingerprint density at radius 3 is 2.26 bits per heavy atom. The number of carbonyl (C=O) groups excluding carboxylic acids is 1. The summed E-state index contributed by atoms with van der Waals surface area (Å²) in [5.41, 5.74) is 0.414. The van der Waals surface area contributed by atoms with Crippen LogP contribution in [-0.4, -0.2) is 40.0 Å². The average molecular weight is 268 g/mol. The standard InChI is InChI=1S/C13H16O6/c1-2-19-11(15)7-10(14)12(16)8-3-5-9(6-4-8)13(17)18/h3-6,10,12,14,16H,2,7H2,1H3,(H,17,18). The van der Waals surface area contributed by atoms with E-state index in [0.29, 0.717) is 5.56 Å². The third-order valence-corrected chi connectivity index (χ3v) is 2.54. The molecule has 0 spiro atoms. The van der Waals surface area contributed by atoms with E-state index in [-0.39, 0.29) is 18.6 Å². The summed E-state index contributed by atoms with van der Waals surface area (Å²) in [6.07, 6.45) is -2.89. The Hall–Kier alpha value is -1.92. The molecule has 0 bridgehead atoms. The Bertz CT molecular complexity index is 439. The highest BCUT2D eigenvalue weighted by Gasteiger charge is 2.22. The summed E-state index contributed by atoms with van der Waals surface area (Å²) in [6, 6.07) is 5.42. The molecule has 2 unspecified atom stereocenters. The number of hydrogen-bond acceptors (Lipinski definition) is 5. The van der Waals surface area contributed by atoms with Crippen LogP contribution in [0.15, 0.2) is 24.3 Å². The molecule has 0 fully saturated rings. The molecule has 0 heterocycles. The molecule has 1 rings (SSSR count). The number of rotatable bonds is 6. The van der Waals surface area contributed by atoms with E-state index in [1.54, 1.807) is 6.92 Å². The lowest BCUT2D eigenvalue weighted by Crippen LogP contribution is -2.23. The molecule has 104 valence electrons. The van der Waals surface area contributed by atoms with Gasteiger partial charge in [-0.25, -0.2) is 4.79 Å². The monoisotopic (exact) mass is 268 g/mol. The van der Waals surface area contributed by atoms with Crippen LogP contribution in [0.5, 0.6) is 0 Å². The van der Waals surface area contributed by atoms with Gasteiger partial charge in [-0.05, 0) is 24.6 Å². The van der Waals surface area contributed by atoms with Crippen LogP contribution in [0, 0.1) is 0 Å². The first-order valence-corrected chi connectivity index (χ1v) is 5.80. The largest absolute Gasteiger partial charge is 0.478 e. The molecule has 1 aromatic rings. The molecule has 6 heteroatoms. The number of aliphatic hydroxyl groups excluding tert-OH is 2. The maximum atomic E-state index is 11.2. The number of aromatic carboxylic acids is 1. The predicted octanol–water partition coefficient (Wildman–Crippen LogP) is 0.732. The van der Waals surface area contributed by atoms with Gasteiger partial charge >= 0.3 is 11.9 Å². The zero-order valence-corrected chi connectivity index (χ0v) is 10.4. The van der Waals surface area contributed by atoms with Crippen LogP contribution in [0.25, 0.3) is 0 Å². The lowest BCUT2D eigenvalue weighted by molar-refractivity contribution is -0.147. The van der Waals surface area contributed by atoms with Crippen molar-refractivity contribution in [3.63, 3.8) is 0 Å². The van der Waals surface area contributed by atoms with E-state index in [2.05, 4.69) is 4.74 Å². The molecule has 0 aliphatic carbocycles. The van der Waals surface area contributed by atoms with Gasteiger partial charge in [-0.3, -0.25) is 4.79 Å². The molecular weight excluding hydrogens is 252 g/mol. The van der Waals surface area contributed by atoms with Crippen LogP contribution in [0.3, 0.4) is 0 Å². The molecule has 0 saturated carbocycles. The summed E-state index contributed by atoms with van der Waals surface area (Å²) in [5, 5.41) is 28.2. The van der Waals surface area contributed by atoms with E-state index >= 15 is 0 Å². The van der Waals surface area contributed by atoms with Crippen molar-refractivity contribution in [2.75, 3.05) is 6.61 Å². The minimum atomic E-state index is -1.30. The normalized spacial score (nSPS) is 13.6. The van der Waals surface area contributed by atoms with Crippen molar-refractivity contribution in [1.82, 2.24) is 0 Å². The van der Waals surface area contributed by atoms with Crippen LogP contribution in [-0.2, 0) is 9.53 Å². The number of carboxylic acids is 1. The van der Waals surface area contributed by atoms with Gasteiger partial charge in [-0.1, -0.05) is 12.1 Å². The van der Waals surface area contributed by atoms with E-state index in [4.69, 9.17) is 5.11 Å². The molecule has 0 aliphatic rings. The first-order chi connectivity index (χ1) is 8.95. The Morgan fingerprint density at radius 2 is 1.79 bits per heavy atom. The Kier molecular flexibility index (Phi) is 5.47. The smallest absolute Gasteiger partial charge is 0.335 e. The molecule has 1 aromatic carbocycles. The van der Waals surface area contributed by atoms with Crippen molar-refractivity contribution in [3.8, 4) is 0 Å². The van der Waals surface area contributed by atoms with Crippen LogP contribution in [0.4, 0.5) is 0 Å². The number of hydrogen-bond donors (Lipinski definition) is 3. The molecule has 19 heavy (non-hydrogen) atoms. The predicted molar refractivity (Wildman–Crippen MR) is 65.6 cm³/mol. The number of carboxylic acid groups (broad SMARTS) is 1. The lowest BCUT2D eigenvalue weighted by atomic mass is 10.0. The molecule has 0 radical (unpaired) electrons.